The van der Waals surface area contributed by atoms with Crippen LogP contribution in [0.2, 0.25) is 0 Å². The van der Waals surface area contributed by atoms with Gasteiger partial charge in [0.25, 0.3) is 0 Å². The highest BCUT2D eigenvalue weighted by atomic mass is 19.1. The van der Waals surface area contributed by atoms with Gasteiger partial charge >= 0.3 is 0 Å². The molecular weight excluding hydrogens is 177 g/mol. The first-order chi connectivity index (χ1) is 6.72. The number of halogens is 1. The van der Waals surface area contributed by atoms with Gasteiger partial charge in [0, 0.05) is 13.0 Å². The fourth-order valence-corrected chi connectivity index (χ4v) is 1.90. The van der Waals surface area contributed by atoms with Gasteiger partial charge in [-0.3, -0.25) is 0 Å². The Labute approximate surface area is 84.1 Å². The molecule has 0 bridgehead atoms. The highest BCUT2D eigenvalue weighted by Gasteiger charge is 2.36. The zero-order chi connectivity index (χ0) is 10.0. The van der Waals surface area contributed by atoms with Crippen LogP contribution in [0.5, 0.6) is 0 Å². The van der Waals surface area contributed by atoms with Crippen LogP contribution in [-0.4, -0.2) is 5.67 Å². The second-order valence-corrected chi connectivity index (χ2v) is 4.20. The molecule has 1 aliphatic carbocycles. The van der Waals surface area contributed by atoms with Crippen LogP contribution in [0.3, 0.4) is 0 Å². The summed E-state index contributed by atoms with van der Waals surface area (Å²) >= 11 is 0. The molecule has 1 nitrogen and oxygen atoms in total. The smallest absolute Gasteiger partial charge is 0.115 e. The van der Waals surface area contributed by atoms with E-state index < -0.39 is 5.67 Å². The number of nitrogens with two attached hydrogens (primary N) is 1. The summed E-state index contributed by atoms with van der Waals surface area (Å²) < 4.78 is 13.7. The summed E-state index contributed by atoms with van der Waals surface area (Å²) in [6.45, 7) is 0.557. The molecule has 1 aromatic carbocycles. The van der Waals surface area contributed by atoms with Gasteiger partial charge in [-0.1, -0.05) is 24.3 Å². The van der Waals surface area contributed by atoms with E-state index in [1.807, 2.05) is 24.3 Å². The third-order valence-corrected chi connectivity index (χ3v) is 3.03. The summed E-state index contributed by atoms with van der Waals surface area (Å²) in [6, 6.07) is 7.94. The SMILES string of the molecule is NCc1ccc(CC2(F)CCC2)cc1. The van der Waals surface area contributed by atoms with Gasteiger partial charge in [-0.15, -0.1) is 0 Å². The van der Waals surface area contributed by atoms with E-state index in [-0.39, 0.29) is 0 Å². The lowest BCUT2D eigenvalue weighted by atomic mass is 9.78. The van der Waals surface area contributed by atoms with Crippen molar-refractivity contribution in [3.05, 3.63) is 35.4 Å². The monoisotopic (exact) mass is 193 g/mol. The van der Waals surface area contributed by atoms with Gasteiger partial charge in [0.05, 0.1) is 0 Å². The molecular formula is C12H16FN. The first kappa shape index (κ1) is 9.66. The van der Waals surface area contributed by atoms with E-state index in [9.17, 15) is 4.39 Å². The Balaban J connectivity index is 2.02. The van der Waals surface area contributed by atoms with E-state index in [4.69, 9.17) is 5.73 Å². The molecule has 1 saturated carbocycles. The number of rotatable bonds is 3. The van der Waals surface area contributed by atoms with Crippen LogP contribution >= 0.6 is 0 Å². The summed E-state index contributed by atoms with van der Waals surface area (Å²) in [5, 5.41) is 0. The normalized spacial score (nSPS) is 19.0. The van der Waals surface area contributed by atoms with Crippen molar-refractivity contribution in [3.63, 3.8) is 0 Å². The third-order valence-electron chi connectivity index (χ3n) is 3.03. The molecule has 0 atom stereocenters. The Morgan fingerprint density at radius 1 is 1.14 bits per heavy atom. The summed E-state index contributed by atoms with van der Waals surface area (Å²) in [5.41, 5.74) is 6.77. The molecule has 0 saturated heterocycles. The zero-order valence-electron chi connectivity index (χ0n) is 8.30. The van der Waals surface area contributed by atoms with Crippen molar-refractivity contribution in [2.45, 2.75) is 37.9 Å². The quantitative estimate of drug-likeness (QED) is 0.784. The van der Waals surface area contributed by atoms with Crippen LogP contribution in [0.25, 0.3) is 0 Å². The molecule has 1 aliphatic rings. The molecule has 2 rings (SSSR count). The Morgan fingerprint density at radius 2 is 1.71 bits per heavy atom. The van der Waals surface area contributed by atoms with E-state index in [2.05, 4.69) is 0 Å². The highest BCUT2D eigenvalue weighted by molar-refractivity contribution is 5.24. The minimum atomic E-state index is -0.912. The van der Waals surface area contributed by atoms with Crippen LogP contribution in [0.1, 0.15) is 30.4 Å². The van der Waals surface area contributed by atoms with Gasteiger partial charge in [-0.2, -0.15) is 0 Å². The maximum atomic E-state index is 13.7. The van der Waals surface area contributed by atoms with Crippen LogP contribution in [-0.2, 0) is 13.0 Å². The maximum absolute atomic E-state index is 13.7. The van der Waals surface area contributed by atoms with Gasteiger partial charge in [0.15, 0.2) is 0 Å². The van der Waals surface area contributed by atoms with Crippen LogP contribution in [0, 0.1) is 0 Å². The van der Waals surface area contributed by atoms with E-state index in [0.29, 0.717) is 13.0 Å². The van der Waals surface area contributed by atoms with Gasteiger partial charge in [-0.05, 0) is 30.4 Å². The van der Waals surface area contributed by atoms with E-state index >= 15 is 0 Å². The lowest BCUT2D eigenvalue weighted by Gasteiger charge is -2.33. The summed E-state index contributed by atoms with van der Waals surface area (Å²) in [7, 11) is 0. The van der Waals surface area contributed by atoms with Crippen molar-refractivity contribution < 1.29 is 4.39 Å². The van der Waals surface area contributed by atoms with E-state index in [0.717, 1.165) is 30.4 Å². The number of hydrogen-bond acceptors (Lipinski definition) is 1. The Bertz CT molecular complexity index is 301. The number of hydrogen-bond donors (Lipinski definition) is 1. The Hall–Kier alpha value is -0.890. The minimum Gasteiger partial charge on any atom is -0.326 e. The van der Waals surface area contributed by atoms with Gasteiger partial charge in [0.2, 0.25) is 0 Å². The molecule has 2 heteroatoms. The number of alkyl halides is 1. The highest BCUT2D eigenvalue weighted by Crippen LogP contribution is 2.38. The summed E-state index contributed by atoms with van der Waals surface area (Å²) in [6.07, 6.45) is 3.06. The molecule has 0 heterocycles. The Kier molecular flexibility index (Phi) is 2.55. The largest absolute Gasteiger partial charge is 0.326 e. The first-order valence-corrected chi connectivity index (χ1v) is 5.19. The molecule has 0 amide bonds. The zero-order valence-corrected chi connectivity index (χ0v) is 8.30. The lowest BCUT2D eigenvalue weighted by Crippen LogP contribution is -2.33. The molecule has 0 aromatic heterocycles. The van der Waals surface area contributed by atoms with Crippen molar-refractivity contribution in [2.75, 3.05) is 0 Å². The minimum absolute atomic E-state index is 0.557. The average Bonchev–Trinajstić information content (AvgIpc) is 2.17. The van der Waals surface area contributed by atoms with Crippen molar-refractivity contribution in [1.82, 2.24) is 0 Å². The predicted molar refractivity (Wildman–Crippen MR) is 55.7 cm³/mol. The Morgan fingerprint density at radius 3 is 2.14 bits per heavy atom. The summed E-state index contributed by atoms with van der Waals surface area (Å²) in [4.78, 5) is 0. The average molecular weight is 193 g/mol. The molecule has 14 heavy (non-hydrogen) atoms. The second kappa shape index (κ2) is 3.70. The molecule has 2 N–H and O–H groups in total. The maximum Gasteiger partial charge on any atom is 0.115 e. The fraction of sp³-hybridized carbons (Fsp3) is 0.500. The number of benzene rings is 1. The third kappa shape index (κ3) is 1.95. The van der Waals surface area contributed by atoms with E-state index in [1.165, 1.54) is 0 Å². The van der Waals surface area contributed by atoms with Gasteiger partial charge in [0.1, 0.15) is 5.67 Å². The molecule has 0 aliphatic heterocycles. The van der Waals surface area contributed by atoms with Gasteiger partial charge in [-0.25, -0.2) is 4.39 Å². The lowest BCUT2D eigenvalue weighted by molar-refractivity contribution is 0.0641. The molecule has 0 radical (unpaired) electrons. The summed E-state index contributed by atoms with van der Waals surface area (Å²) in [5.74, 6) is 0. The van der Waals surface area contributed by atoms with Crippen molar-refractivity contribution >= 4 is 0 Å². The van der Waals surface area contributed by atoms with Crippen molar-refractivity contribution in [3.8, 4) is 0 Å². The molecule has 1 aromatic rings. The molecule has 0 unspecified atom stereocenters. The van der Waals surface area contributed by atoms with Crippen molar-refractivity contribution in [1.29, 1.82) is 0 Å². The molecule has 0 spiro atoms. The first-order valence-electron chi connectivity index (χ1n) is 5.19. The van der Waals surface area contributed by atoms with Crippen molar-refractivity contribution in [2.24, 2.45) is 5.73 Å². The predicted octanol–water partition coefficient (Wildman–Crippen LogP) is 2.58. The van der Waals surface area contributed by atoms with Gasteiger partial charge < -0.3 is 5.73 Å². The van der Waals surface area contributed by atoms with Crippen LogP contribution in [0.4, 0.5) is 4.39 Å². The molecule has 76 valence electrons. The standard InChI is InChI=1S/C12H16FN/c13-12(6-1-7-12)8-10-2-4-11(9-14)5-3-10/h2-5H,1,6-9,14H2. The van der Waals surface area contributed by atoms with Crippen LogP contribution < -0.4 is 5.73 Å². The van der Waals surface area contributed by atoms with E-state index in [1.54, 1.807) is 0 Å². The second-order valence-electron chi connectivity index (χ2n) is 4.20. The topological polar surface area (TPSA) is 26.0 Å². The molecule has 1 fully saturated rings. The van der Waals surface area contributed by atoms with Crippen LogP contribution in [0.15, 0.2) is 24.3 Å². The fourth-order valence-electron chi connectivity index (χ4n) is 1.90.